The van der Waals surface area contributed by atoms with Crippen molar-refractivity contribution in [3.63, 3.8) is 0 Å². The number of carbonyl (C=O) groups excluding carboxylic acids is 2. The molecule has 10 heteroatoms. The van der Waals surface area contributed by atoms with Crippen LogP contribution in [0.5, 0.6) is 5.75 Å². The minimum absolute atomic E-state index is 0.134. The molecular formula is C35H35I4N2O4+. The molecule has 0 saturated carbocycles. The maximum atomic E-state index is 13.8. The minimum Gasteiger partial charge on any atom is -0.593 e. The van der Waals surface area contributed by atoms with Gasteiger partial charge in [0.1, 0.15) is 0 Å². The first-order valence-electron chi connectivity index (χ1n) is 14.6. The summed E-state index contributed by atoms with van der Waals surface area (Å²) < 4.78 is 3.79. The van der Waals surface area contributed by atoms with E-state index in [0.29, 0.717) is 40.2 Å². The first kappa shape index (κ1) is 35.2. The molecule has 45 heavy (non-hydrogen) atoms. The van der Waals surface area contributed by atoms with Crippen molar-refractivity contribution in [1.29, 1.82) is 0 Å². The lowest BCUT2D eigenvalue weighted by Gasteiger charge is -2.25. The minimum atomic E-state index is -1.00. The summed E-state index contributed by atoms with van der Waals surface area (Å²) >= 11 is 8.94. The van der Waals surface area contributed by atoms with Gasteiger partial charge < -0.3 is 15.5 Å². The number of Topliss-reactive ketones (excluding diaryl/α,β-unsaturated/α-hetero) is 1. The lowest BCUT2D eigenvalue weighted by atomic mass is 9.78. The highest BCUT2D eigenvalue weighted by Crippen LogP contribution is 2.48. The standard InChI is InChI=1S/C35H34I4N2O4/c1-34(2,3)18-14-16(15-19(31(18)43)35(4,5)6)10-13-22(42)40-21-9-7-8-17-11-12-20(41-30(17)21)23-32(44)24-25(33(23)45)27(37)29(39)28(38)26(24)36/h7-9,11-12,14-15,23,32,43-44H,10,13H2,1-6H3,(H,40,42)/p+1. The Morgan fingerprint density at radius 1 is 0.911 bits per heavy atom. The Bertz CT molecular complexity index is 1840. The number of aliphatic hydroxyl groups is 1. The van der Waals surface area contributed by atoms with Crippen molar-refractivity contribution in [2.75, 3.05) is 5.32 Å². The van der Waals surface area contributed by atoms with Gasteiger partial charge in [-0.05, 0) is 137 Å². The first-order valence-corrected chi connectivity index (χ1v) is 18.9. The summed E-state index contributed by atoms with van der Waals surface area (Å²) in [5.41, 5.74) is 5.50. The molecule has 4 aromatic rings. The van der Waals surface area contributed by atoms with Crippen LogP contribution in [0.15, 0.2) is 42.5 Å². The van der Waals surface area contributed by atoms with Crippen LogP contribution >= 0.6 is 90.4 Å². The van der Waals surface area contributed by atoms with Crippen LogP contribution in [0, 0.1) is 14.3 Å². The number of amides is 1. The third-order valence-corrected chi connectivity index (χ3v) is 15.7. The molecule has 0 radical (unpaired) electrons. The van der Waals surface area contributed by atoms with E-state index in [2.05, 4.69) is 149 Å². The Morgan fingerprint density at radius 2 is 1.51 bits per heavy atom. The topological polar surface area (TPSA) is 102 Å². The Morgan fingerprint density at radius 3 is 2.11 bits per heavy atom. The maximum Gasteiger partial charge on any atom is 0.261 e. The van der Waals surface area contributed by atoms with Crippen LogP contribution in [0.2, 0.25) is 0 Å². The highest BCUT2D eigenvalue weighted by atomic mass is 127. The van der Waals surface area contributed by atoms with Gasteiger partial charge in [0.25, 0.3) is 5.75 Å². The number of nitrogens with zero attached hydrogens (tertiary/aromatic N) is 1. The van der Waals surface area contributed by atoms with Gasteiger partial charge in [0, 0.05) is 37.2 Å². The van der Waals surface area contributed by atoms with Crippen LogP contribution in [0.25, 0.3) is 10.9 Å². The average Bonchev–Trinajstić information content (AvgIpc) is 3.22. The van der Waals surface area contributed by atoms with E-state index < -0.39 is 12.0 Å². The summed E-state index contributed by atoms with van der Waals surface area (Å²) in [5, 5.41) is 24.2. The largest absolute Gasteiger partial charge is 0.593 e. The highest BCUT2D eigenvalue weighted by Gasteiger charge is 2.44. The number of carbonyl (C=O) groups is 2. The van der Waals surface area contributed by atoms with E-state index in [4.69, 9.17) is 10.1 Å². The van der Waals surface area contributed by atoms with E-state index in [1.807, 2.05) is 24.3 Å². The van der Waals surface area contributed by atoms with Crippen molar-refractivity contribution in [1.82, 2.24) is 4.98 Å². The zero-order valence-electron chi connectivity index (χ0n) is 25.8. The molecule has 236 valence electrons. The normalized spacial score (nSPS) is 16.7. The molecule has 0 saturated heterocycles. The van der Waals surface area contributed by atoms with Gasteiger partial charge in [-0.15, -0.1) is 0 Å². The molecule has 3 aromatic carbocycles. The molecule has 0 fully saturated rings. The molecule has 2 unspecified atom stereocenters. The quantitative estimate of drug-likeness (QED) is 0.0902. The number of anilines is 1. The fraction of sp³-hybridized carbons (Fsp3) is 0.343. The molecule has 1 amide bonds. The number of rotatable bonds is 5. The predicted octanol–water partition coefficient (Wildman–Crippen LogP) is 9.27. The second-order valence-corrected chi connectivity index (χ2v) is 17.9. The Kier molecular flexibility index (Phi) is 10.2. The van der Waals surface area contributed by atoms with Crippen LogP contribution in [0.4, 0.5) is 5.69 Å². The molecule has 0 aliphatic heterocycles. The number of nitrogens with one attached hydrogen (secondary N) is 1. The fourth-order valence-electron chi connectivity index (χ4n) is 5.86. The molecule has 5 rings (SSSR count). The van der Waals surface area contributed by atoms with Gasteiger partial charge in [0.15, 0.2) is 5.78 Å². The molecule has 0 bridgehead atoms. The molecule has 1 aromatic heterocycles. The number of halogens is 4. The summed E-state index contributed by atoms with van der Waals surface area (Å²) in [4.78, 5) is 32.0. The van der Waals surface area contributed by atoms with E-state index in [0.717, 1.165) is 36.4 Å². The zero-order valence-corrected chi connectivity index (χ0v) is 34.5. The smallest absolute Gasteiger partial charge is 0.261 e. The van der Waals surface area contributed by atoms with E-state index in [9.17, 15) is 14.7 Å². The number of ketones is 1. The van der Waals surface area contributed by atoms with E-state index in [1.54, 1.807) is 6.07 Å². The molecule has 0 spiro atoms. The Hall–Kier alpha value is -1.11. The van der Waals surface area contributed by atoms with Crippen LogP contribution in [-0.4, -0.2) is 26.9 Å². The third kappa shape index (κ3) is 6.77. The number of para-hydroxylation sites is 1. The lowest BCUT2D eigenvalue weighted by molar-refractivity contribution is -0.116. The number of fused-ring (bicyclic) bond motifs is 2. The SMILES string of the molecule is CC(C)(C)c1cc(CCC(=O)Nc2cccc3ccc(C4C(=O)c5c(I)c(I)c(I)c(I)c5C4O)nc23)cc(C(C)(C)C)c1[OH2+]. The number of aromatic nitrogens is 1. The predicted molar refractivity (Wildman–Crippen MR) is 215 cm³/mol. The maximum absolute atomic E-state index is 13.8. The van der Waals surface area contributed by atoms with Crippen molar-refractivity contribution in [3.05, 3.63) is 90.3 Å². The van der Waals surface area contributed by atoms with Crippen molar-refractivity contribution >= 4 is 119 Å². The van der Waals surface area contributed by atoms with Gasteiger partial charge >= 0.3 is 0 Å². The summed E-state index contributed by atoms with van der Waals surface area (Å²) in [7, 11) is 0. The van der Waals surface area contributed by atoms with Crippen molar-refractivity contribution in [3.8, 4) is 5.75 Å². The number of hydrogen-bond donors (Lipinski definition) is 2. The number of aryl methyl sites for hydroxylation is 1. The van der Waals surface area contributed by atoms with Gasteiger partial charge in [0.2, 0.25) is 5.91 Å². The number of hydrogen-bond acceptors (Lipinski definition) is 4. The molecular weight excluding hydrogens is 1020 g/mol. The molecule has 2 atom stereocenters. The fourth-order valence-corrected chi connectivity index (χ4v) is 9.68. The van der Waals surface area contributed by atoms with Gasteiger partial charge in [-0.25, -0.2) is 4.98 Å². The van der Waals surface area contributed by atoms with Gasteiger partial charge in [-0.1, -0.05) is 59.7 Å². The highest BCUT2D eigenvalue weighted by molar-refractivity contribution is 14.1. The lowest BCUT2D eigenvalue weighted by Crippen LogP contribution is -2.18. The number of aliphatic hydroxyl groups excluding tert-OH is 1. The van der Waals surface area contributed by atoms with Crippen LogP contribution in [0.1, 0.15) is 98.3 Å². The van der Waals surface area contributed by atoms with E-state index in [1.165, 1.54) is 0 Å². The Labute approximate surface area is 318 Å². The van der Waals surface area contributed by atoms with Crippen LogP contribution in [0.3, 0.4) is 0 Å². The number of pyridine rings is 1. The summed E-state index contributed by atoms with van der Waals surface area (Å²) in [5.74, 6) is -0.524. The average molecular weight is 1060 g/mol. The number of benzene rings is 3. The monoisotopic (exact) mass is 1050 g/mol. The van der Waals surface area contributed by atoms with E-state index in [-0.39, 0.29) is 28.9 Å². The second kappa shape index (κ2) is 13.1. The van der Waals surface area contributed by atoms with Crippen molar-refractivity contribution in [2.24, 2.45) is 0 Å². The summed E-state index contributed by atoms with van der Waals surface area (Å²) in [6, 6.07) is 13.5. The second-order valence-electron chi connectivity index (χ2n) is 13.6. The van der Waals surface area contributed by atoms with Gasteiger partial charge in [-0.2, -0.15) is 0 Å². The molecule has 6 nitrogen and oxygen atoms in total. The zero-order chi connectivity index (χ0) is 33.2. The Balaban J connectivity index is 1.42. The first-order chi connectivity index (χ1) is 20.9. The molecule has 4 N–H and O–H groups in total. The van der Waals surface area contributed by atoms with Crippen LogP contribution in [-0.2, 0) is 22.0 Å². The van der Waals surface area contributed by atoms with Crippen molar-refractivity contribution < 1.29 is 19.8 Å². The van der Waals surface area contributed by atoms with Crippen molar-refractivity contribution in [2.45, 2.75) is 77.2 Å². The summed E-state index contributed by atoms with van der Waals surface area (Å²) in [6.45, 7) is 12.7. The summed E-state index contributed by atoms with van der Waals surface area (Å²) in [6.07, 6.45) is -0.196. The van der Waals surface area contributed by atoms with Gasteiger partial charge in [-0.3, -0.25) is 9.59 Å². The van der Waals surface area contributed by atoms with E-state index >= 15 is 0 Å². The van der Waals surface area contributed by atoms with Gasteiger partial charge in [0.05, 0.1) is 40.0 Å². The molecule has 1 heterocycles. The van der Waals surface area contributed by atoms with Crippen LogP contribution < -0.4 is 5.32 Å². The molecule has 1 aliphatic rings. The molecule has 1 aliphatic carbocycles. The third-order valence-electron chi connectivity index (χ3n) is 8.23.